The zero-order valence-corrected chi connectivity index (χ0v) is 7.97. The number of thioether (sulfide) groups is 1. The Balaban J connectivity index is 1.89. The molecule has 1 atom stereocenters. The number of β-lactam (4-membered cyclic amide) rings is 1. The number of fused-ring (bicyclic) bond motifs is 1. The van der Waals surface area contributed by atoms with Crippen molar-refractivity contribution < 1.29 is 14.3 Å². The van der Waals surface area contributed by atoms with Gasteiger partial charge in [0.25, 0.3) is 0 Å². The Hall–Kier alpha value is -0.970. The van der Waals surface area contributed by atoms with Gasteiger partial charge in [-0.1, -0.05) is 11.8 Å². The van der Waals surface area contributed by atoms with Crippen LogP contribution in [-0.4, -0.2) is 28.8 Å². The second-order valence-electron chi connectivity index (χ2n) is 2.95. The molecule has 2 rings (SSSR count). The van der Waals surface area contributed by atoms with Gasteiger partial charge in [-0.25, -0.2) is 0 Å². The van der Waals surface area contributed by atoms with E-state index in [0.29, 0.717) is 13.0 Å². The van der Waals surface area contributed by atoms with Gasteiger partial charge in [-0.05, 0) is 0 Å². The molecule has 0 aliphatic carbocycles. The standard InChI is InChI=1S/C8H9NO3S/c1-5(10)12-4-6-3-9-7(11)2-8(9)13-6/h3,8H,2,4H2,1H3/t8-/m1/s1. The summed E-state index contributed by atoms with van der Waals surface area (Å²) in [6.07, 6.45) is 2.37. The summed E-state index contributed by atoms with van der Waals surface area (Å²) in [5, 5.41) is 0.262. The molecule has 0 saturated carbocycles. The molecule has 2 heterocycles. The first kappa shape index (κ1) is 8.62. The van der Waals surface area contributed by atoms with Crippen LogP contribution in [0.2, 0.25) is 0 Å². The summed E-state index contributed by atoms with van der Waals surface area (Å²) in [5.74, 6) is -0.141. The van der Waals surface area contributed by atoms with E-state index in [1.807, 2.05) is 0 Å². The number of amides is 1. The predicted molar refractivity (Wildman–Crippen MR) is 47.6 cm³/mol. The molecule has 0 radical (unpaired) electrons. The van der Waals surface area contributed by atoms with Gasteiger partial charge < -0.3 is 9.64 Å². The van der Waals surface area contributed by atoms with Crippen LogP contribution in [0, 0.1) is 0 Å². The lowest BCUT2D eigenvalue weighted by Gasteiger charge is -2.31. The van der Waals surface area contributed by atoms with E-state index in [1.165, 1.54) is 6.92 Å². The molecule has 1 fully saturated rings. The third-order valence-electron chi connectivity index (χ3n) is 1.94. The number of carbonyl (C=O) groups is 2. The molecule has 0 aromatic carbocycles. The molecule has 0 spiro atoms. The molecule has 5 heteroatoms. The first-order valence-corrected chi connectivity index (χ1v) is 4.86. The number of ether oxygens (including phenoxy) is 1. The quantitative estimate of drug-likeness (QED) is 0.485. The number of hydrogen-bond acceptors (Lipinski definition) is 4. The SMILES string of the molecule is CC(=O)OCC1=CN2C(=O)C[C@H]2S1. The lowest BCUT2D eigenvalue weighted by molar-refractivity contribution is -0.139. The summed E-state index contributed by atoms with van der Waals surface area (Å²) >= 11 is 1.60. The Kier molecular flexibility index (Phi) is 2.03. The average molecular weight is 199 g/mol. The summed E-state index contributed by atoms with van der Waals surface area (Å²) in [4.78, 5) is 24.1. The summed E-state index contributed by atoms with van der Waals surface area (Å²) in [5.41, 5.74) is 0. The van der Waals surface area contributed by atoms with E-state index in [9.17, 15) is 9.59 Å². The van der Waals surface area contributed by atoms with Gasteiger partial charge >= 0.3 is 5.97 Å². The first-order chi connectivity index (χ1) is 6.16. The summed E-state index contributed by atoms with van der Waals surface area (Å²) in [6.45, 7) is 1.67. The normalized spacial score (nSPS) is 25.0. The molecule has 1 saturated heterocycles. The maximum atomic E-state index is 11.0. The molecule has 0 aromatic rings. The van der Waals surface area contributed by atoms with Gasteiger partial charge in [-0.3, -0.25) is 9.59 Å². The Morgan fingerprint density at radius 3 is 3.15 bits per heavy atom. The van der Waals surface area contributed by atoms with Crippen LogP contribution in [0.4, 0.5) is 0 Å². The highest BCUT2D eigenvalue weighted by Crippen LogP contribution is 2.41. The molecule has 2 aliphatic rings. The van der Waals surface area contributed by atoms with Crippen molar-refractivity contribution >= 4 is 23.6 Å². The Morgan fingerprint density at radius 1 is 1.85 bits per heavy atom. The van der Waals surface area contributed by atoms with Crippen molar-refractivity contribution in [2.45, 2.75) is 18.7 Å². The average Bonchev–Trinajstić information content (AvgIpc) is 2.39. The van der Waals surface area contributed by atoms with Crippen LogP contribution in [0.3, 0.4) is 0 Å². The topological polar surface area (TPSA) is 46.6 Å². The van der Waals surface area contributed by atoms with Gasteiger partial charge in [0.05, 0.1) is 11.8 Å². The Morgan fingerprint density at radius 2 is 2.62 bits per heavy atom. The fourth-order valence-electron chi connectivity index (χ4n) is 1.26. The third kappa shape index (κ3) is 1.56. The largest absolute Gasteiger partial charge is 0.460 e. The lowest BCUT2D eigenvalue weighted by Crippen LogP contribution is -2.44. The first-order valence-electron chi connectivity index (χ1n) is 3.98. The molecule has 70 valence electrons. The van der Waals surface area contributed by atoms with Crippen LogP contribution in [0.25, 0.3) is 0 Å². The van der Waals surface area contributed by atoms with Crippen LogP contribution in [0.15, 0.2) is 11.1 Å². The molecule has 0 bridgehead atoms. The highest BCUT2D eigenvalue weighted by Gasteiger charge is 2.40. The van der Waals surface area contributed by atoms with Crippen LogP contribution in [0.5, 0.6) is 0 Å². The van der Waals surface area contributed by atoms with Crippen LogP contribution < -0.4 is 0 Å². The molecule has 0 N–H and O–H groups in total. The summed E-state index contributed by atoms with van der Waals surface area (Å²) in [6, 6.07) is 0. The van der Waals surface area contributed by atoms with Gasteiger partial charge in [-0.2, -0.15) is 0 Å². The van der Waals surface area contributed by atoms with Gasteiger partial charge in [0.15, 0.2) is 0 Å². The fraction of sp³-hybridized carbons (Fsp3) is 0.500. The van der Waals surface area contributed by atoms with Crippen molar-refractivity contribution in [1.29, 1.82) is 0 Å². The van der Waals surface area contributed by atoms with Gasteiger partial charge in [-0.15, -0.1) is 0 Å². The maximum Gasteiger partial charge on any atom is 0.302 e. The molecule has 0 aromatic heterocycles. The highest BCUT2D eigenvalue weighted by molar-refractivity contribution is 8.04. The summed E-state index contributed by atoms with van der Waals surface area (Å²) in [7, 11) is 0. The van der Waals surface area contributed by atoms with Gasteiger partial charge in [0, 0.05) is 18.0 Å². The van der Waals surface area contributed by atoms with Crippen molar-refractivity contribution in [2.75, 3.05) is 6.61 Å². The number of rotatable bonds is 2. The van der Waals surface area contributed by atoms with E-state index >= 15 is 0 Å². The van der Waals surface area contributed by atoms with Crippen LogP contribution >= 0.6 is 11.8 Å². The lowest BCUT2D eigenvalue weighted by atomic mass is 10.2. The Labute approximate surface area is 79.9 Å². The van der Waals surface area contributed by atoms with Crippen LogP contribution in [0.1, 0.15) is 13.3 Å². The van der Waals surface area contributed by atoms with Gasteiger partial charge in [0.1, 0.15) is 6.61 Å². The van der Waals surface area contributed by atoms with Crippen LogP contribution in [-0.2, 0) is 14.3 Å². The smallest absolute Gasteiger partial charge is 0.302 e. The van der Waals surface area contributed by atoms with E-state index in [-0.39, 0.29) is 17.3 Å². The van der Waals surface area contributed by atoms with E-state index in [4.69, 9.17) is 4.74 Å². The predicted octanol–water partition coefficient (Wildman–Crippen LogP) is 0.696. The second kappa shape index (κ2) is 3.06. The van der Waals surface area contributed by atoms with E-state index in [0.717, 1.165) is 4.91 Å². The Bertz CT molecular complexity index is 300. The van der Waals surface area contributed by atoms with Crippen molar-refractivity contribution in [2.24, 2.45) is 0 Å². The van der Waals surface area contributed by atoms with E-state index in [1.54, 1.807) is 22.9 Å². The number of esters is 1. The zero-order chi connectivity index (χ0) is 9.42. The zero-order valence-electron chi connectivity index (χ0n) is 7.15. The minimum atomic E-state index is -0.290. The van der Waals surface area contributed by atoms with E-state index < -0.39 is 0 Å². The molecular weight excluding hydrogens is 190 g/mol. The third-order valence-corrected chi connectivity index (χ3v) is 3.13. The monoisotopic (exact) mass is 199 g/mol. The molecule has 13 heavy (non-hydrogen) atoms. The van der Waals surface area contributed by atoms with Crippen molar-refractivity contribution in [3.8, 4) is 0 Å². The molecule has 4 nitrogen and oxygen atoms in total. The molecular formula is C8H9NO3S. The minimum Gasteiger partial charge on any atom is -0.460 e. The number of hydrogen-bond donors (Lipinski definition) is 0. The number of nitrogens with zero attached hydrogens (tertiary/aromatic N) is 1. The second-order valence-corrected chi connectivity index (χ2v) is 4.26. The summed E-state index contributed by atoms with van der Waals surface area (Å²) < 4.78 is 4.82. The minimum absolute atomic E-state index is 0.148. The van der Waals surface area contributed by atoms with Crippen molar-refractivity contribution in [1.82, 2.24) is 4.90 Å². The van der Waals surface area contributed by atoms with E-state index in [2.05, 4.69) is 0 Å². The fourth-order valence-corrected chi connectivity index (χ4v) is 2.43. The highest BCUT2D eigenvalue weighted by atomic mass is 32.2. The molecule has 2 aliphatic heterocycles. The molecule has 1 amide bonds. The van der Waals surface area contributed by atoms with Crippen molar-refractivity contribution in [3.63, 3.8) is 0 Å². The number of carbonyl (C=O) groups excluding carboxylic acids is 2. The van der Waals surface area contributed by atoms with Gasteiger partial charge in [0.2, 0.25) is 5.91 Å². The molecule has 0 unspecified atom stereocenters. The van der Waals surface area contributed by atoms with Crippen molar-refractivity contribution in [3.05, 3.63) is 11.1 Å². The maximum absolute atomic E-state index is 11.0.